The standard InChI is InChI=1S/C47H92N4O/c1-5-9-12-15-18-21-24-27-30-33-36-48(37-34-31-28-25-22-19-16-13-10-6-2)39-40-49(38-35-32-29-26-23-20-17-14-11-7-3)44-47(52)51-43-45-41-46(51)42-50(45)8-4/h8,45-46H,4-7,9-44H2,1-3H3. The third-order valence-corrected chi connectivity index (χ3v) is 12.4. The molecule has 2 unspecified atom stereocenters. The summed E-state index contributed by atoms with van der Waals surface area (Å²) in [6.07, 6.45) is 44.8. The summed E-state index contributed by atoms with van der Waals surface area (Å²) in [5.74, 6) is 0.374. The SMILES string of the molecule is C=CN1CC2CC1CN2C(=O)CN(CCCCCCCCCCCC)CCN(CCCCCCCCCCCC)CCCCCCCCCCCC. The molecule has 1 amide bonds. The predicted octanol–water partition coefficient (Wildman–Crippen LogP) is 12.8. The monoisotopic (exact) mass is 729 g/mol. The van der Waals surface area contributed by atoms with Crippen molar-refractivity contribution in [2.75, 3.05) is 52.4 Å². The van der Waals surface area contributed by atoms with Gasteiger partial charge < -0.3 is 14.7 Å². The van der Waals surface area contributed by atoms with Crippen molar-refractivity contribution in [2.45, 2.75) is 232 Å². The Morgan fingerprint density at radius 1 is 0.481 bits per heavy atom. The molecule has 0 aromatic rings. The third kappa shape index (κ3) is 23.0. The molecule has 2 bridgehead atoms. The molecule has 0 radical (unpaired) electrons. The van der Waals surface area contributed by atoms with E-state index in [1.165, 1.54) is 206 Å². The van der Waals surface area contributed by atoms with Crippen LogP contribution in [0.1, 0.15) is 220 Å². The predicted molar refractivity (Wildman–Crippen MR) is 229 cm³/mol. The molecule has 2 aliphatic rings. The minimum Gasteiger partial charge on any atom is -0.371 e. The number of hydrogen-bond acceptors (Lipinski definition) is 4. The van der Waals surface area contributed by atoms with Gasteiger partial charge in [-0.1, -0.05) is 201 Å². The van der Waals surface area contributed by atoms with E-state index >= 15 is 0 Å². The zero-order chi connectivity index (χ0) is 37.3. The highest BCUT2D eigenvalue weighted by Gasteiger charge is 2.43. The number of amides is 1. The minimum atomic E-state index is 0.374. The van der Waals surface area contributed by atoms with Crippen molar-refractivity contribution < 1.29 is 4.79 Å². The van der Waals surface area contributed by atoms with Crippen LogP contribution < -0.4 is 0 Å². The average molecular weight is 729 g/mol. The van der Waals surface area contributed by atoms with Crippen LogP contribution in [0.3, 0.4) is 0 Å². The highest BCUT2D eigenvalue weighted by molar-refractivity contribution is 5.79. The molecule has 2 fully saturated rings. The maximum absolute atomic E-state index is 13.7. The number of rotatable bonds is 39. The molecule has 0 aromatic heterocycles. The lowest BCUT2D eigenvalue weighted by Crippen LogP contribution is -2.50. The Bertz CT molecular complexity index is 795. The molecule has 5 heteroatoms. The summed E-state index contributed by atoms with van der Waals surface area (Å²) in [5, 5.41) is 0. The van der Waals surface area contributed by atoms with E-state index in [-0.39, 0.29) is 0 Å². The molecule has 52 heavy (non-hydrogen) atoms. The molecule has 2 atom stereocenters. The Labute approximate surface area is 326 Å². The quantitative estimate of drug-likeness (QED) is 0.0590. The maximum atomic E-state index is 13.7. The van der Waals surface area contributed by atoms with E-state index in [1.54, 1.807) is 0 Å². The van der Waals surface area contributed by atoms with Gasteiger partial charge in [0.05, 0.1) is 12.6 Å². The van der Waals surface area contributed by atoms with Crippen molar-refractivity contribution in [3.8, 4) is 0 Å². The van der Waals surface area contributed by atoms with E-state index in [0.717, 1.165) is 39.1 Å². The molecule has 0 aromatic carbocycles. The number of likely N-dealkylation sites (tertiary alicyclic amines) is 2. The Balaban J connectivity index is 1.82. The first kappa shape index (κ1) is 47.1. The second kappa shape index (κ2) is 33.3. The zero-order valence-corrected chi connectivity index (χ0v) is 35.7. The number of unbranched alkanes of at least 4 members (excludes halogenated alkanes) is 27. The normalized spacial score (nSPS) is 17.0. The van der Waals surface area contributed by atoms with Gasteiger partial charge in [0.1, 0.15) is 0 Å². The molecule has 5 nitrogen and oxygen atoms in total. The van der Waals surface area contributed by atoms with E-state index in [1.807, 2.05) is 6.20 Å². The summed E-state index contributed by atoms with van der Waals surface area (Å²) in [6.45, 7) is 19.1. The van der Waals surface area contributed by atoms with Gasteiger partial charge in [-0.15, -0.1) is 0 Å². The average Bonchev–Trinajstić information content (AvgIpc) is 3.77. The van der Waals surface area contributed by atoms with Crippen LogP contribution in [0.4, 0.5) is 0 Å². The number of fused-ring (bicyclic) bond motifs is 2. The van der Waals surface area contributed by atoms with Crippen molar-refractivity contribution in [1.29, 1.82) is 0 Å². The van der Waals surface area contributed by atoms with E-state index in [9.17, 15) is 4.79 Å². The summed E-state index contributed by atoms with van der Waals surface area (Å²) < 4.78 is 0. The van der Waals surface area contributed by atoms with Crippen LogP contribution in [0, 0.1) is 0 Å². The second-order valence-corrected chi connectivity index (χ2v) is 17.1. The summed E-state index contributed by atoms with van der Waals surface area (Å²) in [6, 6.07) is 0.873. The number of nitrogens with zero attached hydrogens (tertiary/aromatic N) is 4. The first-order valence-corrected chi connectivity index (χ1v) is 23.7. The maximum Gasteiger partial charge on any atom is 0.237 e. The van der Waals surface area contributed by atoms with Crippen molar-refractivity contribution >= 4 is 5.91 Å². The van der Waals surface area contributed by atoms with E-state index in [2.05, 4.69) is 46.9 Å². The van der Waals surface area contributed by atoms with Gasteiger partial charge in [0.15, 0.2) is 0 Å². The molecular formula is C47H92N4O. The topological polar surface area (TPSA) is 30.0 Å². The van der Waals surface area contributed by atoms with Crippen LogP contribution >= 0.6 is 0 Å². The zero-order valence-electron chi connectivity index (χ0n) is 35.7. The van der Waals surface area contributed by atoms with E-state index in [0.29, 0.717) is 24.5 Å². The summed E-state index contributed by atoms with van der Waals surface area (Å²) in [7, 11) is 0. The number of carbonyl (C=O) groups is 1. The smallest absolute Gasteiger partial charge is 0.237 e. The first-order chi connectivity index (χ1) is 25.6. The highest BCUT2D eigenvalue weighted by Crippen LogP contribution is 2.30. The van der Waals surface area contributed by atoms with Crippen LogP contribution in [0.25, 0.3) is 0 Å². The molecule has 2 saturated heterocycles. The van der Waals surface area contributed by atoms with E-state index < -0.39 is 0 Å². The lowest BCUT2D eigenvalue weighted by atomic mass is 10.1. The van der Waals surface area contributed by atoms with Crippen LogP contribution in [-0.2, 0) is 4.79 Å². The van der Waals surface area contributed by atoms with Gasteiger partial charge in [-0.05, 0) is 51.5 Å². The number of hydrogen-bond donors (Lipinski definition) is 0. The van der Waals surface area contributed by atoms with Crippen molar-refractivity contribution in [2.24, 2.45) is 0 Å². The Kier molecular flexibility index (Phi) is 30.1. The van der Waals surface area contributed by atoms with Crippen LogP contribution in [0.2, 0.25) is 0 Å². The minimum absolute atomic E-state index is 0.374. The van der Waals surface area contributed by atoms with Crippen LogP contribution in [0.5, 0.6) is 0 Å². The van der Waals surface area contributed by atoms with Crippen LogP contribution in [-0.4, -0.2) is 89.9 Å². The lowest BCUT2D eigenvalue weighted by Gasteiger charge is -2.35. The molecule has 2 aliphatic heterocycles. The van der Waals surface area contributed by atoms with Crippen LogP contribution in [0.15, 0.2) is 12.8 Å². The molecule has 0 N–H and O–H groups in total. The molecular weight excluding hydrogens is 637 g/mol. The Morgan fingerprint density at radius 2 is 0.827 bits per heavy atom. The van der Waals surface area contributed by atoms with Gasteiger partial charge in [0.2, 0.25) is 5.91 Å². The van der Waals surface area contributed by atoms with Crippen molar-refractivity contribution in [3.05, 3.63) is 12.8 Å². The Hall–Kier alpha value is -1.07. The first-order valence-electron chi connectivity index (χ1n) is 23.7. The van der Waals surface area contributed by atoms with Gasteiger partial charge in [0, 0.05) is 32.2 Å². The van der Waals surface area contributed by atoms with Gasteiger partial charge in [0.25, 0.3) is 0 Å². The fourth-order valence-corrected chi connectivity index (χ4v) is 8.87. The third-order valence-electron chi connectivity index (χ3n) is 12.4. The van der Waals surface area contributed by atoms with Gasteiger partial charge in [-0.2, -0.15) is 0 Å². The Morgan fingerprint density at radius 3 is 1.17 bits per heavy atom. The molecule has 0 saturated carbocycles. The number of piperazine rings is 1. The molecule has 2 rings (SSSR count). The van der Waals surface area contributed by atoms with Gasteiger partial charge in [-0.25, -0.2) is 0 Å². The lowest BCUT2D eigenvalue weighted by molar-refractivity contribution is -0.134. The number of carbonyl (C=O) groups excluding carboxylic acids is 1. The van der Waals surface area contributed by atoms with Gasteiger partial charge >= 0.3 is 0 Å². The summed E-state index contributed by atoms with van der Waals surface area (Å²) >= 11 is 0. The largest absolute Gasteiger partial charge is 0.371 e. The second-order valence-electron chi connectivity index (χ2n) is 17.1. The fourth-order valence-electron chi connectivity index (χ4n) is 8.87. The summed E-state index contributed by atoms with van der Waals surface area (Å²) in [5.41, 5.74) is 0. The molecule has 0 aliphatic carbocycles. The van der Waals surface area contributed by atoms with Crippen molar-refractivity contribution in [3.63, 3.8) is 0 Å². The van der Waals surface area contributed by atoms with Crippen molar-refractivity contribution in [1.82, 2.24) is 19.6 Å². The van der Waals surface area contributed by atoms with Gasteiger partial charge in [-0.3, -0.25) is 9.69 Å². The highest BCUT2D eigenvalue weighted by atomic mass is 16.2. The fraction of sp³-hybridized carbons (Fsp3) is 0.936. The molecule has 2 heterocycles. The summed E-state index contributed by atoms with van der Waals surface area (Å²) in [4.78, 5) is 23.6. The molecule has 0 spiro atoms. The molecule has 306 valence electrons. The van der Waals surface area contributed by atoms with E-state index in [4.69, 9.17) is 0 Å².